The Kier molecular flexibility index (Phi) is 4.12. The predicted molar refractivity (Wildman–Crippen MR) is 72.5 cm³/mol. The lowest BCUT2D eigenvalue weighted by Gasteiger charge is -2.07. The van der Waals surface area contributed by atoms with Crippen LogP contribution in [0.3, 0.4) is 0 Å². The van der Waals surface area contributed by atoms with E-state index < -0.39 is 0 Å². The third kappa shape index (κ3) is 2.97. The minimum Gasteiger partial charge on any atom is -0.338 e. The van der Waals surface area contributed by atoms with Gasteiger partial charge in [-0.2, -0.15) is 0 Å². The normalized spacial score (nSPS) is 10.3. The zero-order chi connectivity index (χ0) is 12.8. The van der Waals surface area contributed by atoms with Crippen LogP contribution in [0.1, 0.15) is 12.5 Å². The summed E-state index contributed by atoms with van der Waals surface area (Å²) in [6.45, 7) is 3.15. The Bertz CT molecular complexity index is 534. The first-order valence-corrected chi connectivity index (χ1v) is 6.15. The van der Waals surface area contributed by atoms with Crippen LogP contribution in [0.2, 0.25) is 0 Å². The Labute approximate surface area is 106 Å². The summed E-state index contributed by atoms with van der Waals surface area (Å²) in [6, 6.07) is 9.97. The first-order valence-electron chi connectivity index (χ1n) is 6.15. The first kappa shape index (κ1) is 12.4. The van der Waals surface area contributed by atoms with E-state index in [1.165, 1.54) is 0 Å². The van der Waals surface area contributed by atoms with Gasteiger partial charge in [0.1, 0.15) is 0 Å². The van der Waals surface area contributed by atoms with Crippen molar-refractivity contribution in [3.8, 4) is 0 Å². The summed E-state index contributed by atoms with van der Waals surface area (Å²) in [6.07, 6.45) is 2.58. The number of fused-ring (bicyclic) bond motifs is 1. The third-order valence-electron chi connectivity index (χ3n) is 2.73. The number of rotatable bonds is 4. The summed E-state index contributed by atoms with van der Waals surface area (Å²) in [5.41, 5.74) is 2.17. The number of hydrogen-bond donors (Lipinski definition) is 2. The molecule has 0 bridgehead atoms. The molecule has 0 spiro atoms. The molecule has 1 aromatic heterocycles. The molecule has 2 N–H and O–H groups in total. The molecule has 0 fully saturated rings. The van der Waals surface area contributed by atoms with Crippen molar-refractivity contribution >= 4 is 16.9 Å². The van der Waals surface area contributed by atoms with Crippen molar-refractivity contribution in [1.29, 1.82) is 0 Å². The average Bonchev–Trinajstić information content (AvgIpc) is 2.39. The van der Waals surface area contributed by atoms with Gasteiger partial charge in [0.25, 0.3) is 0 Å². The Morgan fingerprint density at radius 3 is 2.89 bits per heavy atom. The summed E-state index contributed by atoms with van der Waals surface area (Å²) >= 11 is 0. The van der Waals surface area contributed by atoms with Crippen molar-refractivity contribution < 1.29 is 4.79 Å². The lowest BCUT2D eigenvalue weighted by atomic mass is 10.1. The third-order valence-corrected chi connectivity index (χ3v) is 2.73. The summed E-state index contributed by atoms with van der Waals surface area (Å²) in [4.78, 5) is 15.6. The maximum absolute atomic E-state index is 11.3. The monoisotopic (exact) mass is 243 g/mol. The lowest BCUT2D eigenvalue weighted by molar-refractivity contribution is 0.241. The highest BCUT2D eigenvalue weighted by atomic mass is 16.2. The highest BCUT2D eigenvalue weighted by Gasteiger charge is 2.02. The molecule has 1 aromatic carbocycles. The molecule has 4 nitrogen and oxygen atoms in total. The van der Waals surface area contributed by atoms with Crippen molar-refractivity contribution in [2.75, 3.05) is 13.1 Å². The summed E-state index contributed by atoms with van der Waals surface area (Å²) < 4.78 is 0. The average molecular weight is 243 g/mol. The number of amides is 2. The number of aromatic nitrogens is 1. The quantitative estimate of drug-likeness (QED) is 0.864. The van der Waals surface area contributed by atoms with Gasteiger partial charge >= 0.3 is 6.03 Å². The molecule has 18 heavy (non-hydrogen) atoms. The summed E-state index contributed by atoms with van der Waals surface area (Å²) in [5.74, 6) is 0. The van der Waals surface area contributed by atoms with Crippen molar-refractivity contribution in [3.63, 3.8) is 0 Å². The van der Waals surface area contributed by atoms with Gasteiger partial charge in [0.05, 0.1) is 5.52 Å². The molecule has 94 valence electrons. The van der Waals surface area contributed by atoms with Gasteiger partial charge in [-0.25, -0.2) is 4.79 Å². The second-order valence-corrected chi connectivity index (χ2v) is 4.03. The van der Waals surface area contributed by atoms with Gasteiger partial charge in [-0.05, 0) is 25.0 Å². The fourth-order valence-corrected chi connectivity index (χ4v) is 1.90. The molecule has 2 aromatic rings. The molecule has 0 unspecified atom stereocenters. The SMILES string of the molecule is CCNC(=O)NCCc1cccc2cccnc12. The van der Waals surface area contributed by atoms with Gasteiger partial charge in [-0.3, -0.25) is 4.98 Å². The molecule has 0 saturated heterocycles. The molecule has 0 aliphatic carbocycles. The molecule has 0 saturated carbocycles. The number of nitrogens with one attached hydrogen (secondary N) is 2. The summed E-state index contributed by atoms with van der Waals surface area (Å²) in [5, 5.41) is 6.65. The zero-order valence-electron chi connectivity index (χ0n) is 10.4. The number of hydrogen-bond acceptors (Lipinski definition) is 2. The highest BCUT2D eigenvalue weighted by molar-refractivity contribution is 5.81. The van der Waals surface area contributed by atoms with E-state index in [0.29, 0.717) is 13.1 Å². The minimum absolute atomic E-state index is 0.120. The number of para-hydroxylation sites is 1. The van der Waals surface area contributed by atoms with Crippen LogP contribution in [0.15, 0.2) is 36.5 Å². The van der Waals surface area contributed by atoms with Crippen molar-refractivity contribution in [3.05, 3.63) is 42.1 Å². The Morgan fingerprint density at radius 1 is 1.22 bits per heavy atom. The van der Waals surface area contributed by atoms with E-state index in [4.69, 9.17) is 0 Å². The second-order valence-electron chi connectivity index (χ2n) is 4.03. The van der Waals surface area contributed by atoms with E-state index >= 15 is 0 Å². The van der Waals surface area contributed by atoms with Crippen molar-refractivity contribution in [1.82, 2.24) is 15.6 Å². The molecule has 0 aliphatic rings. The number of urea groups is 1. The van der Waals surface area contributed by atoms with Crippen LogP contribution in [-0.2, 0) is 6.42 Å². The number of pyridine rings is 1. The van der Waals surface area contributed by atoms with Crippen LogP contribution in [0.25, 0.3) is 10.9 Å². The fraction of sp³-hybridized carbons (Fsp3) is 0.286. The van der Waals surface area contributed by atoms with Crippen LogP contribution in [0, 0.1) is 0 Å². The Balaban J connectivity index is 2.01. The number of nitrogens with zero attached hydrogens (tertiary/aromatic N) is 1. The predicted octanol–water partition coefficient (Wildman–Crippen LogP) is 2.10. The van der Waals surface area contributed by atoms with E-state index in [1.54, 1.807) is 6.20 Å². The van der Waals surface area contributed by atoms with Gasteiger partial charge in [-0.15, -0.1) is 0 Å². The van der Waals surface area contributed by atoms with Crippen LogP contribution in [0.5, 0.6) is 0 Å². The molecule has 0 aliphatic heterocycles. The highest BCUT2D eigenvalue weighted by Crippen LogP contribution is 2.15. The molecule has 2 rings (SSSR count). The van der Waals surface area contributed by atoms with Gasteiger partial charge in [0.15, 0.2) is 0 Å². The maximum Gasteiger partial charge on any atom is 0.314 e. The Morgan fingerprint density at radius 2 is 2.06 bits per heavy atom. The second kappa shape index (κ2) is 6.00. The van der Waals surface area contributed by atoms with Crippen molar-refractivity contribution in [2.24, 2.45) is 0 Å². The molecule has 2 amide bonds. The standard InChI is InChI=1S/C14H17N3O/c1-2-15-14(18)17-10-8-12-6-3-5-11-7-4-9-16-13(11)12/h3-7,9H,2,8,10H2,1H3,(H2,15,17,18). The molecule has 4 heteroatoms. The topological polar surface area (TPSA) is 54.0 Å². The molecule has 0 radical (unpaired) electrons. The molecule has 0 atom stereocenters. The van der Waals surface area contributed by atoms with Gasteiger partial charge in [0, 0.05) is 24.7 Å². The van der Waals surface area contributed by atoms with Gasteiger partial charge in [0.2, 0.25) is 0 Å². The van der Waals surface area contributed by atoms with E-state index in [-0.39, 0.29) is 6.03 Å². The fourth-order valence-electron chi connectivity index (χ4n) is 1.90. The van der Waals surface area contributed by atoms with E-state index in [9.17, 15) is 4.79 Å². The number of benzene rings is 1. The van der Waals surface area contributed by atoms with Gasteiger partial charge < -0.3 is 10.6 Å². The van der Waals surface area contributed by atoms with Crippen molar-refractivity contribution in [2.45, 2.75) is 13.3 Å². The van der Waals surface area contributed by atoms with Crippen LogP contribution in [0.4, 0.5) is 4.79 Å². The first-order chi connectivity index (χ1) is 8.81. The molecular weight excluding hydrogens is 226 g/mol. The Hall–Kier alpha value is -2.10. The largest absolute Gasteiger partial charge is 0.338 e. The zero-order valence-corrected chi connectivity index (χ0v) is 10.4. The molecular formula is C14H17N3O. The summed E-state index contributed by atoms with van der Waals surface area (Å²) in [7, 11) is 0. The van der Waals surface area contributed by atoms with Gasteiger partial charge in [-0.1, -0.05) is 24.3 Å². The van der Waals surface area contributed by atoms with Crippen LogP contribution < -0.4 is 10.6 Å². The number of carbonyl (C=O) groups excluding carboxylic acids is 1. The van der Waals surface area contributed by atoms with E-state index in [2.05, 4.69) is 21.7 Å². The van der Waals surface area contributed by atoms with Crippen LogP contribution >= 0.6 is 0 Å². The maximum atomic E-state index is 11.3. The lowest BCUT2D eigenvalue weighted by Crippen LogP contribution is -2.36. The van der Waals surface area contributed by atoms with E-state index in [0.717, 1.165) is 22.9 Å². The van der Waals surface area contributed by atoms with Crippen LogP contribution in [-0.4, -0.2) is 24.1 Å². The van der Waals surface area contributed by atoms with E-state index in [1.807, 2.05) is 31.2 Å². The smallest absolute Gasteiger partial charge is 0.314 e. The molecule has 1 heterocycles. The number of carbonyl (C=O) groups is 1. The minimum atomic E-state index is -0.120.